The summed E-state index contributed by atoms with van der Waals surface area (Å²) in [5.41, 5.74) is 1.04. The summed E-state index contributed by atoms with van der Waals surface area (Å²) in [7, 11) is 3.75. The predicted molar refractivity (Wildman–Crippen MR) is 132 cm³/mol. The van der Waals surface area contributed by atoms with E-state index in [0.29, 0.717) is 0 Å². The molecule has 0 amide bonds. The Morgan fingerprint density at radius 2 is 2.17 bits per heavy atom. The molecule has 0 aromatic carbocycles. The van der Waals surface area contributed by atoms with Crippen LogP contribution in [-0.2, 0) is 11.3 Å². The van der Waals surface area contributed by atoms with E-state index in [-0.39, 0.29) is 30.1 Å². The maximum absolute atomic E-state index is 5.34. The Balaban J connectivity index is 0.00000420. The van der Waals surface area contributed by atoms with Crippen LogP contribution in [0.3, 0.4) is 0 Å². The molecule has 0 spiro atoms. The third-order valence-corrected chi connectivity index (χ3v) is 5.24. The van der Waals surface area contributed by atoms with Crippen molar-refractivity contribution in [3.05, 3.63) is 40.5 Å². The molecule has 0 fully saturated rings. The minimum Gasteiger partial charge on any atom is -0.375 e. The molecule has 2 N–H and O–H groups in total. The molecule has 0 bridgehead atoms. The number of aliphatic imine (C=N–C) groups is 1. The van der Waals surface area contributed by atoms with Gasteiger partial charge in [0.1, 0.15) is 16.9 Å². The zero-order chi connectivity index (χ0) is 20.2. The molecular formula is C20H33IN6OS. The van der Waals surface area contributed by atoms with Crippen molar-refractivity contribution in [1.82, 2.24) is 20.2 Å². The van der Waals surface area contributed by atoms with Crippen molar-refractivity contribution in [2.45, 2.75) is 39.3 Å². The van der Waals surface area contributed by atoms with E-state index >= 15 is 0 Å². The Kier molecular flexibility index (Phi) is 12.8. The second-order valence-corrected chi connectivity index (χ2v) is 7.39. The third-order valence-electron chi connectivity index (χ3n) is 4.18. The number of methoxy groups -OCH3 is 1. The van der Waals surface area contributed by atoms with Crippen LogP contribution in [0.15, 0.2) is 34.8 Å². The molecule has 2 rings (SSSR count). The van der Waals surface area contributed by atoms with E-state index in [4.69, 9.17) is 9.73 Å². The fourth-order valence-corrected chi connectivity index (χ4v) is 3.42. The molecule has 29 heavy (non-hydrogen) atoms. The number of ether oxygens (including phenoxy) is 1. The Labute approximate surface area is 195 Å². The number of pyridine rings is 1. The number of rotatable bonds is 11. The first-order valence-corrected chi connectivity index (χ1v) is 10.6. The van der Waals surface area contributed by atoms with Crippen LogP contribution in [-0.4, -0.2) is 54.6 Å². The van der Waals surface area contributed by atoms with Crippen LogP contribution >= 0.6 is 35.3 Å². The highest BCUT2D eigenvalue weighted by Crippen LogP contribution is 2.20. The second kappa shape index (κ2) is 14.5. The number of hydrogen-bond acceptors (Lipinski definition) is 6. The van der Waals surface area contributed by atoms with Gasteiger partial charge in [0.05, 0.1) is 12.2 Å². The Morgan fingerprint density at radius 1 is 1.34 bits per heavy atom. The maximum Gasteiger partial charge on any atom is 0.194 e. The lowest BCUT2D eigenvalue weighted by Crippen LogP contribution is -2.38. The first-order chi connectivity index (χ1) is 13.6. The number of halogens is 1. The zero-order valence-corrected chi connectivity index (χ0v) is 20.9. The molecule has 7 nitrogen and oxygen atoms in total. The summed E-state index contributed by atoms with van der Waals surface area (Å²) in [5, 5.41) is 9.79. The van der Waals surface area contributed by atoms with E-state index in [2.05, 4.69) is 37.8 Å². The van der Waals surface area contributed by atoms with Crippen LogP contribution in [0.5, 0.6) is 0 Å². The molecule has 2 aromatic heterocycles. The van der Waals surface area contributed by atoms with E-state index in [9.17, 15) is 0 Å². The number of guanidine groups is 1. The summed E-state index contributed by atoms with van der Waals surface area (Å²) in [6.07, 6.45) is 3.90. The fourth-order valence-electron chi connectivity index (χ4n) is 2.58. The van der Waals surface area contributed by atoms with Gasteiger partial charge in [0.25, 0.3) is 0 Å². The smallest absolute Gasteiger partial charge is 0.194 e. The standard InChI is InChI=1S/C20H32N6OS.HI/c1-5-21-20(24-13-9-8-12-23-18-10-6-7-11-22-18)26(3)14-17-15-28-19(25-17)16(2)27-4;/h6-7,10-11,15-16H,5,8-9,12-14H2,1-4H3,(H,21,24)(H,22,23);1H. The highest BCUT2D eigenvalue weighted by atomic mass is 127. The number of thiazole rings is 1. The molecule has 0 aliphatic heterocycles. The van der Waals surface area contributed by atoms with Gasteiger partial charge in [-0.2, -0.15) is 0 Å². The lowest BCUT2D eigenvalue weighted by molar-refractivity contribution is 0.119. The average Bonchev–Trinajstić information content (AvgIpc) is 3.18. The van der Waals surface area contributed by atoms with Crippen LogP contribution in [0.25, 0.3) is 0 Å². The number of unbranched alkanes of at least 4 members (excludes halogenated alkanes) is 1. The summed E-state index contributed by atoms with van der Waals surface area (Å²) >= 11 is 1.64. The van der Waals surface area contributed by atoms with Gasteiger partial charge < -0.3 is 20.3 Å². The van der Waals surface area contributed by atoms with Crippen molar-refractivity contribution < 1.29 is 4.74 Å². The topological polar surface area (TPSA) is 74.7 Å². The van der Waals surface area contributed by atoms with Gasteiger partial charge in [-0.3, -0.25) is 4.99 Å². The lowest BCUT2D eigenvalue weighted by Gasteiger charge is -2.21. The van der Waals surface area contributed by atoms with Crippen LogP contribution in [0.4, 0.5) is 5.82 Å². The van der Waals surface area contributed by atoms with Crippen molar-refractivity contribution in [2.75, 3.05) is 39.1 Å². The van der Waals surface area contributed by atoms with E-state index in [1.54, 1.807) is 24.6 Å². The number of anilines is 1. The maximum atomic E-state index is 5.34. The van der Waals surface area contributed by atoms with Gasteiger partial charge in [-0.25, -0.2) is 9.97 Å². The van der Waals surface area contributed by atoms with E-state index in [0.717, 1.165) is 61.5 Å². The molecule has 0 aliphatic carbocycles. The number of nitrogens with zero attached hydrogens (tertiary/aromatic N) is 4. The molecule has 2 aromatic rings. The largest absolute Gasteiger partial charge is 0.375 e. The van der Waals surface area contributed by atoms with Crippen LogP contribution < -0.4 is 10.6 Å². The van der Waals surface area contributed by atoms with Crippen LogP contribution in [0.1, 0.15) is 43.5 Å². The number of nitrogens with one attached hydrogen (secondary N) is 2. The molecule has 0 aliphatic rings. The van der Waals surface area contributed by atoms with E-state index in [1.807, 2.05) is 32.2 Å². The van der Waals surface area contributed by atoms with Gasteiger partial charge in [0, 0.05) is 45.4 Å². The van der Waals surface area contributed by atoms with Crippen molar-refractivity contribution in [1.29, 1.82) is 0 Å². The number of hydrogen-bond donors (Lipinski definition) is 2. The van der Waals surface area contributed by atoms with Gasteiger partial charge in [-0.05, 0) is 38.8 Å². The van der Waals surface area contributed by atoms with Gasteiger partial charge in [0.2, 0.25) is 0 Å². The van der Waals surface area contributed by atoms with Gasteiger partial charge in [-0.15, -0.1) is 35.3 Å². The molecule has 162 valence electrons. The van der Waals surface area contributed by atoms with Crippen LogP contribution in [0, 0.1) is 0 Å². The summed E-state index contributed by atoms with van der Waals surface area (Å²) in [4.78, 5) is 15.8. The highest BCUT2D eigenvalue weighted by molar-refractivity contribution is 14.0. The molecule has 0 radical (unpaired) electrons. The summed E-state index contributed by atoms with van der Waals surface area (Å²) in [6, 6.07) is 5.89. The number of aromatic nitrogens is 2. The quantitative estimate of drug-likeness (QED) is 0.196. The minimum absolute atomic E-state index is 0. The normalized spacial score (nSPS) is 12.2. The summed E-state index contributed by atoms with van der Waals surface area (Å²) < 4.78 is 5.34. The molecule has 9 heteroatoms. The molecule has 2 heterocycles. The molecule has 1 unspecified atom stereocenters. The lowest BCUT2D eigenvalue weighted by atomic mass is 10.3. The predicted octanol–water partition coefficient (Wildman–Crippen LogP) is 4.15. The average molecular weight is 532 g/mol. The molecular weight excluding hydrogens is 499 g/mol. The summed E-state index contributed by atoms with van der Waals surface area (Å²) in [5.74, 6) is 1.83. The van der Waals surface area contributed by atoms with Gasteiger partial charge >= 0.3 is 0 Å². The highest BCUT2D eigenvalue weighted by Gasteiger charge is 2.12. The van der Waals surface area contributed by atoms with E-state index < -0.39 is 0 Å². The third kappa shape index (κ3) is 9.26. The Morgan fingerprint density at radius 3 is 2.86 bits per heavy atom. The monoisotopic (exact) mass is 532 g/mol. The molecule has 0 saturated heterocycles. The van der Waals surface area contributed by atoms with Crippen LogP contribution in [0.2, 0.25) is 0 Å². The summed E-state index contributed by atoms with van der Waals surface area (Å²) in [6.45, 7) is 7.35. The van der Waals surface area contributed by atoms with Gasteiger partial charge in [0.15, 0.2) is 5.96 Å². The minimum atomic E-state index is 0. The zero-order valence-electron chi connectivity index (χ0n) is 17.7. The second-order valence-electron chi connectivity index (χ2n) is 6.50. The first-order valence-electron chi connectivity index (χ1n) is 9.75. The van der Waals surface area contributed by atoms with E-state index in [1.165, 1.54) is 0 Å². The van der Waals surface area contributed by atoms with Crippen molar-refractivity contribution in [3.8, 4) is 0 Å². The molecule has 0 saturated carbocycles. The van der Waals surface area contributed by atoms with Crippen molar-refractivity contribution in [2.24, 2.45) is 4.99 Å². The Bertz CT molecular complexity index is 712. The fraction of sp³-hybridized carbons (Fsp3) is 0.550. The van der Waals surface area contributed by atoms with Crippen molar-refractivity contribution >= 4 is 47.1 Å². The molecule has 1 atom stereocenters. The SMILES string of the molecule is CCNC(=NCCCCNc1ccccn1)N(C)Cc1csc(C(C)OC)n1.I. The first kappa shape index (κ1) is 25.6. The van der Waals surface area contributed by atoms with Crippen molar-refractivity contribution in [3.63, 3.8) is 0 Å². The van der Waals surface area contributed by atoms with Gasteiger partial charge in [-0.1, -0.05) is 6.07 Å². The Hall–Kier alpha value is -1.46.